The number of rotatable bonds is 6. The van der Waals surface area contributed by atoms with Gasteiger partial charge in [0, 0.05) is 12.1 Å². The molecule has 0 aromatic carbocycles. The maximum absolute atomic E-state index is 12.0. The van der Waals surface area contributed by atoms with E-state index < -0.39 is 0 Å². The molecule has 2 rings (SSSR count). The maximum Gasteiger partial charge on any atom is 0.273 e. The van der Waals surface area contributed by atoms with E-state index in [1.807, 2.05) is 6.92 Å². The van der Waals surface area contributed by atoms with E-state index in [1.165, 1.54) is 12.8 Å². The third-order valence-electron chi connectivity index (χ3n) is 3.54. The van der Waals surface area contributed by atoms with Crippen LogP contribution in [0.25, 0.3) is 0 Å². The number of nitriles is 1. The maximum atomic E-state index is 12.0. The average molecular weight is 276 g/mol. The fourth-order valence-corrected chi connectivity index (χ4v) is 2.32. The number of hydrogen-bond acceptors (Lipinski definition) is 5. The lowest BCUT2D eigenvalue weighted by Gasteiger charge is -2.11. The topological polar surface area (TPSA) is 82.2 Å². The van der Waals surface area contributed by atoms with E-state index in [-0.39, 0.29) is 17.6 Å². The lowest BCUT2D eigenvalue weighted by molar-refractivity contribution is 0.0927. The minimum Gasteiger partial charge on any atom is -0.359 e. The summed E-state index contributed by atoms with van der Waals surface area (Å²) in [5, 5.41) is 15.3. The first-order valence-corrected chi connectivity index (χ1v) is 7.08. The Kier molecular flexibility index (Phi) is 5.13. The number of nitrogens with zero attached hydrogens (tertiary/aromatic N) is 3. The third-order valence-corrected chi connectivity index (χ3v) is 3.54. The smallest absolute Gasteiger partial charge is 0.273 e. The molecule has 1 aromatic rings. The highest BCUT2D eigenvalue weighted by molar-refractivity contribution is 5.92. The van der Waals surface area contributed by atoms with Crippen molar-refractivity contribution < 1.29 is 9.32 Å². The summed E-state index contributed by atoms with van der Waals surface area (Å²) < 4.78 is 5.21. The van der Waals surface area contributed by atoms with Crippen molar-refractivity contribution in [3.63, 3.8) is 0 Å². The van der Waals surface area contributed by atoms with Crippen molar-refractivity contribution in [2.75, 3.05) is 13.1 Å². The van der Waals surface area contributed by atoms with E-state index in [0.29, 0.717) is 18.7 Å². The molecule has 0 radical (unpaired) electrons. The van der Waals surface area contributed by atoms with Gasteiger partial charge in [-0.2, -0.15) is 5.26 Å². The molecule has 2 heterocycles. The summed E-state index contributed by atoms with van der Waals surface area (Å²) in [6.07, 6.45) is 3.46. The summed E-state index contributed by atoms with van der Waals surface area (Å²) in [5.41, 5.74) is 0.288. The van der Waals surface area contributed by atoms with Crippen molar-refractivity contribution in [3.8, 4) is 6.07 Å². The van der Waals surface area contributed by atoms with Crippen LogP contribution in [0.15, 0.2) is 10.6 Å². The minimum atomic E-state index is -0.275. The Morgan fingerprint density at radius 3 is 3.00 bits per heavy atom. The van der Waals surface area contributed by atoms with Crippen LogP contribution in [0.2, 0.25) is 0 Å². The first-order valence-electron chi connectivity index (χ1n) is 7.08. The molecule has 0 bridgehead atoms. The largest absolute Gasteiger partial charge is 0.359 e. The molecule has 0 saturated carbocycles. The normalized spacial score (nSPS) is 16.8. The van der Waals surface area contributed by atoms with E-state index in [2.05, 4.69) is 21.4 Å². The average Bonchev–Trinajstić information content (AvgIpc) is 3.10. The molecule has 1 unspecified atom stereocenters. The van der Waals surface area contributed by atoms with E-state index in [9.17, 15) is 4.79 Å². The van der Waals surface area contributed by atoms with Gasteiger partial charge in [0.25, 0.3) is 5.91 Å². The molecule has 0 aliphatic carbocycles. The SMILES string of the molecule is CCC(CC#N)NC(=O)c1cc(CN2CCCC2)on1. The van der Waals surface area contributed by atoms with E-state index in [1.54, 1.807) is 6.07 Å². The lowest BCUT2D eigenvalue weighted by Crippen LogP contribution is -2.34. The summed E-state index contributed by atoms with van der Waals surface area (Å²) in [5.74, 6) is 0.439. The standard InChI is InChI=1S/C14H20N4O2/c1-2-11(5-6-15)16-14(19)13-9-12(20-17-13)10-18-7-3-4-8-18/h9,11H,2-5,7-8,10H2,1H3,(H,16,19). The Morgan fingerprint density at radius 1 is 1.60 bits per heavy atom. The van der Waals surface area contributed by atoms with Gasteiger partial charge in [0.1, 0.15) is 0 Å². The van der Waals surface area contributed by atoms with Gasteiger partial charge in [-0.1, -0.05) is 12.1 Å². The highest BCUT2D eigenvalue weighted by Crippen LogP contribution is 2.13. The van der Waals surface area contributed by atoms with Crippen molar-refractivity contribution in [1.29, 1.82) is 5.26 Å². The number of aromatic nitrogens is 1. The number of amides is 1. The highest BCUT2D eigenvalue weighted by atomic mass is 16.5. The third kappa shape index (κ3) is 3.81. The molecule has 1 saturated heterocycles. The summed E-state index contributed by atoms with van der Waals surface area (Å²) in [6.45, 7) is 4.78. The molecule has 1 N–H and O–H groups in total. The van der Waals surface area contributed by atoms with Crippen LogP contribution in [0.5, 0.6) is 0 Å². The molecule has 1 atom stereocenters. The van der Waals surface area contributed by atoms with Crippen LogP contribution < -0.4 is 5.32 Å². The molecule has 6 heteroatoms. The van der Waals surface area contributed by atoms with E-state index in [0.717, 1.165) is 19.5 Å². The Balaban J connectivity index is 1.90. The summed E-state index contributed by atoms with van der Waals surface area (Å²) in [4.78, 5) is 14.3. The summed E-state index contributed by atoms with van der Waals surface area (Å²) in [6, 6.07) is 3.62. The molecule has 1 fully saturated rings. The molecule has 108 valence electrons. The molecule has 1 amide bonds. The number of nitrogens with one attached hydrogen (secondary N) is 1. The van der Waals surface area contributed by atoms with E-state index in [4.69, 9.17) is 9.78 Å². The number of likely N-dealkylation sites (tertiary alicyclic amines) is 1. The van der Waals surface area contributed by atoms with Gasteiger partial charge in [-0.15, -0.1) is 0 Å². The monoisotopic (exact) mass is 276 g/mol. The van der Waals surface area contributed by atoms with Crippen LogP contribution in [0.3, 0.4) is 0 Å². The quantitative estimate of drug-likeness (QED) is 0.855. The predicted octanol–water partition coefficient (Wildman–Crippen LogP) is 1.69. The van der Waals surface area contributed by atoms with Crippen LogP contribution in [0.4, 0.5) is 0 Å². The second-order valence-corrected chi connectivity index (χ2v) is 5.10. The molecular formula is C14H20N4O2. The Morgan fingerprint density at radius 2 is 2.35 bits per heavy atom. The van der Waals surface area contributed by atoms with Crippen LogP contribution in [0.1, 0.15) is 48.9 Å². The zero-order chi connectivity index (χ0) is 14.4. The van der Waals surface area contributed by atoms with Gasteiger partial charge in [0.2, 0.25) is 0 Å². The van der Waals surface area contributed by atoms with Crippen molar-refractivity contribution in [3.05, 3.63) is 17.5 Å². The Labute approximate surface area is 118 Å². The minimum absolute atomic E-state index is 0.133. The van der Waals surface area contributed by atoms with Gasteiger partial charge in [-0.25, -0.2) is 0 Å². The number of carbonyl (C=O) groups excluding carboxylic acids is 1. The van der Waals surface area contributed by atoms with Gasteiger partial charge in [-0.05, 0) is 32.4 Å². The van der Waals surface area contributed by atoms with Gasteiger partial charge in [-0.3, -0.25) is 9.69 Å². The fraction of sp³-hybridized carbons (Fsp3) is 0.643. The zero-order valence-electron chi connectivity index (χ0n) is 11.8. The second kappa shape index (κ2) is 7.06. The van der Waals surface area contributed by atoms with Gasteiger partial charge < -0.3 is 9.84 Å². The molecule has 1 aliphatic rings. The van der Waals surface area contributed by atoms with Gasteiger partial charge in [0.05, 0.1) is 19.0 Å². The molecule has 6 nitrogen and oxygen atoms in total. The van der Waals surface area contributed by atoms with Crippen molar-refractivity contribution in [2.45, 2.75) is 45.2 Å². The van der Waals surface area contributed by atoms with Crippen molar-refractivity contribution in [2.24, 2.45) is 0 Å². The van der Waals surface area contributed by atoms with Crippen molar-refractivity contribution >= 4 is 5.91 Å². The zero-order valence-corrected chi connectivity index (χ0v) is 11.8. The second-order valence-electron chi connectivity index (χ2n) is 5.10. The van der Waals surface area contributed by atoms with Crippen molar-refractivity contribution in [1.82, 2.24) is 15.4 Å². The Bertz CT molecular complexity index is 486. The van der Waals surface area contributed by atoms with Gasteiger partial charge >= 0.3 is 0 Å². The first kappa shape index (κ1) is 14.5. The van der Waals surface area contributed by atoms with Crippen LogP contribution in [-0.2, 0) is 6.54 Å². The summed E-state index contributed by atoms with van der Waals surface area (Å²) >= 11 is 0. The predicted molar refractivity (Wildman–Crippen MR) is 72.8 cm³/mol. The number of hydrogen-bond donors (Lipinski definition) is 1. The van der Waals surface area contributed by atoms with Crippen LogP contribution in [0, 0.1) is 11.3 Å². The molecule has 20 heavy (non-hydrogen) atoms. The molecule has 1 aromatic heterocycles. The summed E-state index contributed by atoms with van der Waals surface area (Å²) in [7, 11) is 0. The molecule has 1 aliphatic heterocycles. The fourth-order valence-electron chi connectivity index (χ4n) is 2.32. The van der Waals surface area contributed by atoms with Crippen LogP contribution >= 0.6 is 0 Å². The van der Waals surface area contributed by atoms with Gasteiger partial charge in [0.15, 0.2) is 11.5 Å². The first-order chi connectivity index (χ1) is 9.72. The molecular weight excluding hydrogens is 256 g/mol. The highest BCUT2D eigenvalue weighted by Gasteiger charge is 2.18. The van der Waals surface area contributed by atoms with E-state index >= 15 is 0 Å². The molecule has 0 spiro atoms. The lowest BCUT2D eigenvalue weighted by atomic mass is 10.1. The van der Waals surface area contributed by atoms with Crippen LogP contribution in [-0.4, -0.2) is 35.1 Å². The Hall–Kier alpha value is -1.87. The number of carbonyl (C=O) groups is 1.